The monoisotopic (exact) mass is 721 g/mol. The highest BCUT2D eigenvalue weighted by Gasteiger charge is 2.28. The molecule has 1 rings (SSSR count). The number of hydrogen-bond donors (Lipinski definition) is 11. The van der Waals surface area contributed by atoms with Crippen molar-refractivity contribution in [2.75, 3.05) is 13.1 Å². The molecule has 0 aromatic heterocycles. The quantitative estimate of drug-likeness (QED) is 0.0645. The van der Waals surface area contributed by atoms with Crippen molar-refractivity contribution in [2.45, 2.75) is 90.3 Å². The predicted octanol–water partition coefficient (Wildman–Crippen LogP) is -4.39. The summed E-state index contributed by atoms with van der Waals surface area (Å²) in [5, 5.41) is 37.4. The number of carboxylic acids is 1. The van der Waals surface area contributed by atoms with Crippen LogP contribution in [0.1, 0.15) is 47.1 Å². The van der Waals surface area contributed by atoms with E-state index in [1.165, 1.54) is 65.8 Å². The average molecular weight is 722 g/mol. The van der Waals surface area contributed by atoms with E-state index in [0.717, 1.165) is 0 Å². The fourth-order valence-electron chi connectivity index (χ4n) is 3.89. The molecule has 1 aromatic rings. The van der Waals surface area contributed by atoms with Gasteiger partial charge in [-0.2, -0.15) is 0 Å². The molecule has 20 nitrogen and oxygen atoms in total. The highest BCUT2D eigenvalue weighted by molar-refractivity contribution is 5.96. The molecule has 0 bridgehead atoms. The highest BCUT2D eigenvalue weighted by Crippen LogP contribution is 2.12. The van der Waals surface area contributed by atoms with Gasteiger partial charge in [-0.05, 0) is 59.2 Å². The van der Waals surface area contributed by atoms with Gasteiger partial charge < -0.3 is 58.5 Å². The van der Waals surface area contributed by atoms with E-state index in [1.54, 1.807) is 0 Å². The summed E-state index contributed by atoms with van der Waals surface area (Å²) in [6.45, 7) is 6.93. The Morgan fingerprint density at radius 2 is 0.980 bits per heavy atom. The molecule has 7 atom stereocenters. The SMILES string of the molecule is C[C@H](N)C(=O)N[C@@H](C)C(=O)N[C@@H](C)C(=O)NCC(=O)NCC(=O)N[C@@H](C)C(=O)N[C@@H](C)C(=O)N[C@@H](Cc1ccc(O)cc1)C(=O)N[C@@H](C)C(=O)O. The van der Waals surface area contributed by atoms with Crippen molar-refractivity contribution in [3.05, 3.63) is 29.8 Å². The third-order valence-corrected chi connectivity index (χ3v) is 7.05. The van der Waals surface area contributed by atoms with Crippen LogP contribution in [0.25, 0.3) is 0 Å². The number of carbonyl (C=O) groups is 9. The first-order valence-corrected chi connectivity index (χ1v) is 15.8. The number of carbonyl (C=O) groups excluding carboxylic acids is 8. The molecule has 8 amide bonds. The van der Waals surface area contributed by atoms with E-state index in [4.69, 9.17) is 10.8 Å². The van der Waals surface area contributed by atoms with E-state index in [2.05, 4.69) is 42.5 Å². The summed E-state index contributed by atoms with van der Waals surface area (Å²) in [4.78, 5) is 110. The maximum Gasteiger partial charge on any atom is 0.325 e. The Bertz CT molecular complexity index is 1450. The lowest BCUT2D eigenvalue weighted by atomic mass is 10.0. The number of nitrogens with one attached hydrogen (secondary N) is 8. The zero-order chi connectivity index (χ0) is 39.0. The lowest BCUT2D eigenvalue weighted by Crippen LogP contribution is -2.57. The molecular formula is C31H47N9O11. The molecule has 0 aliphatic heterocycles. The lowest BCUT2D eigenvalue weighted by molar-refractivity contribution is -0.141. The van der Waals surface area contributed by atoms with Crippen LogP contribution in [0.3, 0.4) is 0 Å². The number of aromatic hydroxyl groups is 1. The molecule has 282 valence electrons. The first-order chi connectivity index (χ1) is 23.7. The van der Waals surface area contributed by atoms with Gasteiger partial charge in [-0.3, -0.25) is 43.2 Å². The molecule has 0 saturated carbocycles. The van der Waals surface area contributed by atoms with Crippen LogP contribution in [0.15, 0.2) is 24.3 Å². The van der Waals surface area contributed by atoms with Crippen molar-refractivity contribution in [1.82, 2.24) is 42.5 Å². The first-order valence-electron chi connectivity index (χ1n) is 15.8. The fourth-order valence-corrected chi connectivity index (χ4v) is 3.89. The Morgan fingerprint density at radius 1 is 0.549 bits per heavy atom. The minimum Gasteiger partial charge on any atom is -0.508 e. The van der Waals surface area contributed by atoms with E-state index in [1.807, 2.05) is 0 Å². The second kappa shape index (κ2) is 20.7. The van der Waals surface area contributed by atoms with Crippen molar-refractivity contribution >= 4 is 53.2 Å². The number of phenols is 1. The number of benzene rings is 1. The predicted molar refractivity (Wildman–Crippen MR) is 179 cm³/mol. The lowest BCUT2D eigenvalue weighted by Gasteiger charge is -2.23. The highest BCUT2D eigenvalue weighted by atomic mass is 16.4. The van der Waals surface area contributed by atoms with Crippen molar-refractivity contribution in [3.8, 4) is 5.75 Å². The largest absolute Gasteiger partial charge is 0.508 e. The summed E-state index contributed by atoms with van der Waals surface area (Å²) in [5.74, 6) is -7.20. The molecule has 12 N–H and O–H groups in total. The van der Waals surface area contributed by atoms with Crippen LogP contribution in [0.5, 0.6) is 5.75 Å². The van der Waals surface area contributed by atoms with Gasteiger partial charge in [-0.1, -0.05) is 12.1 Å². The number of carboxylic acid groups (broad SMARTS) is 1. The van der Waals surface area contributed by atoms with Gasteiger partial charge in [-0.15, -0.1) is 0 Å². The zero-order valence-electron chi connectivity index (χ0n) is 29.1. The molecule has 0 aliphatic carbocycles. The number of nitrogens with two attached hydrogens (primary N) is 1. The Kier molecular flexibility index (Phi) is 17.5. The second-order valence-electron chi connectivity index (χ2n) is 11.8. The number of amides is 8. The minimum atomic E-state index is -1.30. The maximum absolute atomic E-state index is 12.9. The van der Waals surface area contributed by atoms with Crippen molar-refractivity contribution < 1.29 is 53.4 Å². The van der Waals surface area contributed by atoms with Crippen molar-refractivity contribution in [3.63, 3.8) is 0 Å². The molecule has 0 saturated heterocycles. The molecule has 0 spiro atoms. The van der Waals surface area contributed by atoms with E-state index < -0.39 is 109 Å². The second-order valence-corrected chi connectivity index (χ2v) is 11.8. The molecule has 1 aromatic carbocycles. The Labute approximate surface area is 293 Å². The van der Waals surface area contributed by atoms with E-state index >= 15 is 0 Å². The molecule has 0 unspecified atom stereocenters. The van der Waals surface area contributed by atoms with Gasteiger partial charge in [0.05, 0.1) is 19.1 Å². The molecular weight excluding hydrogens is 674 g/mol. The third kappa shape index (κ3) is 16.0. The third-order valence-electron chi connectivity index (χ3n) is 7.05. The smallest absolute Gasteiger partial charge is 0.325 e. The first kappa shape index (κ1) is 43.2. The Morgan fingerprint density at radius 3 is 1.49 bits per heavy atom. The van der Waals surface area contributed by atoms with E-state index in [9.17, 15) is 48.3 Å². The molecule has 51 heavy (non-hydrogen) atoms. The molecule has 0 radical (unpaired) electrons. The van der Waals surface area contributed by atoms with Crippen LogP contribution >= 0.6 is 0 Å². The van der Waals surface area contributed by atoms with Crippen LogP contribution in [0, 0.1) is 0 Å². The van der Waals surface area contributed by atoms with Gasteiger partial charge in [-0.25, -0.2) is 0 Å². The Hall–Kier alpha value is -5.79. The fraction of sp³-hybridized carbons (Fsp3) is 0.516. The van der Waals surface area contributed by atoms with Crippen LogP contribution in [-0.4, -0.2) is 119 Å². The summed E-state index contributed by atoms with van der Waals surface area (Å²) in [6, 6.07) is -2.03. The zero-order valence-corrected chi connectivity index (χ0v) is 29.1. The Balaban J connectivity index is 2.58. The molecule has 0 fully saturated rings. The summed E-state index contributed by atoms with van der Waals surface area (Å²) in [6.07, 6.45) is -0.0719. The summed E-state index contributed by atoms with van der Waals surface area (Å²) in [7, 11) is 0. The number of aliphatic carboxylic acids is 1. The van der Waals surface area contributed by atoms with Crippen molar-refractivity contribution in [2.24, 2.45) is 5.73 Å². The summed E-state index contributed by atoms with van der Waals surface area (Å²) in [5.41, 5.74) is 5.97. The standard InChI is InChI=1S/C31H47N9O11/c1-14(32)25(44)36-17(4)28(47)37-15(2)26(45)34-12-23(42)33-13-24(43)35-16(3)27(46)38-18(5)29(48)40-22(30(49)39-19(6)31(50)51)11-20-7-9-21(41)10-8-20/h7-10,14-19,22,41H,11-13,32H2,1-6H3,(H,33,42)(H,34,45)(H,35,43)(H,36,44)(H,37,47)(H,38,46)(H,39,49)(H,40,48)(H,50,51)/t14-,15-,16-,17-,18-,19-,22-/m0/s1. The summed E-state index contributed by atoms with van der Waals surface area (Å²) >= 11 is 0. The normalized spacial score (nSPS) is 14.7. The summed E-state index contributed by atoms with van der Waals surface area (Å²) < 4.78 is 0. The van der Waals surface area contributed by atoms with Gasteiger partial charge in [0.2, 0.25) is 47.3 Å². The van der Waals surface area contributed by atoms with Gasteiger partial charge in [0, 0.05) is 6.42 Å². The van der Waals surface area contributed by atoms with Gasteiger partial charge in [0.25, 0.3) is 0 Å². The van der Waals surface area contributed by atoms with Crippen LogP contribution in [-0.2, 0) is 49.6 Å². The molecule has 0 aliphatic rings. The minimum absolute atomic E-state index is 0.0280. The van der Waals surface area contributed by atoms with Crippen LogP contribution in [0.4, 0.5) is 0 Å². The maximum atomic E-state index is 12.9. The molecule has 0 heterocycles. The van der Waals surface area contributed by atoms with Crippen LogP contribution in [0.2, 0.25) is 0 Å². The van der Waals surface area contributed by atoms with Gasteiger partial charge in [0.15, 0.2) is 0 Å². The number of hydrogen-bond acceptors (Lipinski definition) is 11. The van der Waals surface area contributed by atoms with E-state index in [0.29, 0.717) is 5.56 Å². The topological polar surface area (TPSA) is 316 Å². The van der Waals surface area contributed by atoms with Crippen LogP contribution < -0.4 is 48.3 Å². The molecule has 20 heteroatoms. The number of phenolic OH excluding ortho intramolecular Hbond substituents is 1. The average Bonchev–Trinajstić information content (AvgIpc) is 3.06. The van der Waals surface area contributed by atoms with Gasteiger partial charge in [0.1, 0.15) is 42.0 Å². The van der Waals surface area contributed by atoms with E-state index in [-0.39, 0.29) is 12.2 Å². The van der Waals surface area contributed by atoms with Gasteiger partial charge >= 0.3 is 5.97 Å². The van der Waals surface area contributed by atoms with Crippen molar-refractivity contribution in [1.29, 1.82) is 0 Å². The number of rotatable bonds is 19.